The highest BCUT2D eigenvalue weighted by molar-refractivity contribution is 14.0. The van der Waals surface area contributed by atoms with E-state index < -0.39 is 10.0 Å². The second kappa shape index (κ2) is 13.7. The number of ether oxygens (including phenoxy) is 1. The molecule has 0 saturated heterocycles. The number of benzene rings is 2. The maximum Gasteiger partial charge on any atom is 0.210 e. The highest BCUT2D eigenvalue weighted by Gasteiger charge is 2.05. The van der Waals surface area contributed by atoms with Crippen LogP contribution in [0, 0.1) is 0 Å². The van der Waals surface area contributed by atoms with Gasteiger partial charge in [0.15, 0.2) is 5.96 Å². The molecule has 0 unspecified atom stereocenters. The van der Waals surface area contributed by atoms with Gasteiger partial charge in [-0.1, -0.05) is 18.2 Å². The van der Waals surface area contributed by atoms with Crippen molar-refractivity contribution in [1.82, 2.24) is 5.32 Å². The van der Waals surface area contributed by atoms with Gasteiger partial charge in [0.25, 0.3) is 0 Å². The smallest absolute Gasteiger partial charge is 0.210 e. The lowest BCUT2D eigenvalue weighted by Gasteiger charge is -2.14. The fraction of sp³-hybridized carbons (Fsp3) is 0.350. The molecular formula is C20H29IN4O3S2. The van der Waals surface area contributed by atoms with Crippen molar-refractivity contribution in [3.05, 3.63) is 54.6 Å². The minimum absolute atomic E-state index is 0. The zero-order valence-corrected chi connectivity index (χ0v) is 21.0. The van der Waals surface area contributed by atoms with Gasteiger partial charge in [-0.3, -0.25) is 4.99 Å². The van der Waals surface area contributed by atoms with Gasteiger partial charge >= 0.3 is 0 Å². The standard InChI is InChI=1S/C20H28N4O3S2.HI/c1-16(2)27-18-10-8-17(9-11-18)24-20(23-13-15-29(21,25)26)22-12-14-28-19-6-4-3-5-7-19;/h3-11,16H,12-15H2,1-2H3,(H2,21,25,26)(H2,22,23,24);1H. The van der Waals surface area contributed by atoms with Gasteiger partial charge < -0.3 is 15.4 Å². The van der Waals surface area contributed by atoms with E-state index in [9.17, 15) is 8.42 Å². The second-order valence-corrected chi connectivity index (χ2v) is 9.40. The molecule has 0 aliphatic heterocycles. The van der Waals surface area contributed by atoms with Gasteiger partial charge in [0, 0.05) is 22.9 Å². The SMILES string of the molecule is CC(C)Oc1ccc(NC(=NCCS(N)(=O)=O)NCCSc2ccccc2)cc1.I. The molecule has 0 radical (unpaired) electrons. The average molecular weight is 565 g/mol. The molecule has 0 aliphatic rings. The largest absolute Gasteiger partial charge is 0.491 e. The van der Waals surface area contributed by atoms with Gasteiger partial charge in [-0.15, -0.1) is 35.7 Å². The summed E-state index contributed by atoms with van der Waals surface area (Å²) in [5.74, 6) is 1.91. The molecule has 2 aromatic carbocycles. The van der Waals surface area contributed by atoms with Gasteiger partial charge in [-0.2, -0.15) is 0 Å². The van der Waals surface area contributed by atoms with Crippen molar-refractivity contribution < 1.29 is 13.2 Å². The summed E-state index contributed by atoms with van der Waals surface area (Å²) in [6, 6.07) is 17.6. The molecule has 0 spiro atoms. The maximum absolute atomic E-state index is 11.2. The van der Waals surface area contributed by atoms with E-state index in [1.54, 1.807) is 11.8 Å². The third-order valence-electron chi connectivity index (χ3n) is 3.54. The van der Waals surface area contributed by atoms with Crippen molar-refractivity contribution in [1.29, 1.82) is 0 Å². The summed E-state index contributed by atoms with van der Waals surface area (Å²) in [5.41, 5.74) is 0.818. The van der Waals surface area contributed by atoms with Crippen molar-refractivity contribution in [2.45, 2.75) is 24.8 Å². The van der Waals surface area contributed by atoms with Crippen LogP contribution in [0.4, 0.5) is 5.69 Å². The van der Waals surface area contributed by atoms with Crippen molar-refractivity contribution in [2.24, 2.45) is 10.1 Å². The van der Waals surface area contributed by atoms with Gasteiger partial charge in [0.2, 0.25) is 10.0 Å². The van der Waals surface area contributed by atoms with E-state index in [1.807, 2.05) is 56.3 Å². The van der Waals surface area contributed by atoms with Crippen molar-refractivity contribution in [2.75, 3.05) is 29.9 Å². The summed E-state index contributed by atoms with van der Waals surface area (Å²) >= 11 is 1.73. The van der Waals surface area contributed by atoms with E-state index in [2.05, 4.69) is 27.8 Å². The second-order valence-electron chi connectivity index (χ2n) is 6.50. The fourth-order valence-electron chi connectivity index (χ4n) is 2.31. The van der Waals surface area contributed by atoms with Crippen molar-refractivity contribution in [3.63, 3.8) is 0 Å². The Labute approximate surface area is 200 Å². The molecule has 166 valence electrons. The molecule has 0 atom stereocenters. The number of guanidine groups is 1. The molecule has 2 rings (SSSR count). The Morgan fingerprint density at radius 1 is 1.13 bits per heavy atom. The minimum atomic E-state index is -3.55. The topological polar surface area (TPSA) is 106 Å². The third-order valence-corrected chi connectivity index (χ3v) is 5.31. The Hall–Kier alpha value is -1.50. The van der Waals surface area contributed by atoms with Crippen LogP contribution < -0.4 is 20.5 Å². The first-order chi connectivity index (χ1) is 13.8. The number of rotatable bonds is 10. The molecule has 0 amide bonds. The van der Waals surface area contributed by atoms with E-state index in [0.29, 0.717) is 12.5 Å². The predicted molar refractivity (Wildman–Crippen MR) is 137 cm³/mol. The zero-order chi connectivity index (χ0) is 21.1. The van der Waals surface area contributed by atoms with Gasteiger partial charge in [0.1, 0.15) is 5.75 Å². The zero-order valence-electron chi connectivity index (χ0n) is 17.1. The number of nitrogens with two attached hydrogens (primary N) is 1. The average Bonchev–Trinajstić information content (AvgIpc) is 2.66. The van der Waals surface area contributed by atoms with Gasteiger partial charge in [-0.05, 0) is 50.2 Å². The molecule has 0 fully saturated rings. The number of sulfonamides is 1. The highest BCUT2D eigenvalue weighted by atomic mass is 127. The number of primary sulfonamides is 1. The summed E-state index contributed by atoms with van der Waals surface area (Å²) in [5, 5.41) is 11.5. The van der Waals surface area contributed by atoms with Crippen LogP contribution in [0.25, 0.3) is 0 Å². The molecule has 4 N–H and O–H groups in total. The van der Waals surface area contributed by atoms with Crippen molar-refractivity contribution >= 4 is 57.4 Å². The number of halogens is 1. The van der Waals surface area contributed by atoms with E-state index in [4.69, 9.17) is 9.88 Å². The summed E-state index contributed by atoms with van der Waals surface area (Å²) < 4.78 is 28.0. The number of hydrogen-bond donors (Lipinski definition) is 3. The monoisotopic (exact) mass is 564 g/mol. The lowest BCUT2D eigenvalue weighted by Crippen LogP contribution is -2.33. The van der Waals surface area contributed by atoms with Crippen LogP contribution in [0.3, 0.4) is 0 Å². The number of nitrogens with zero attached hydrogens (tertiary/aromatic N) is 1. The van der Waals surface area contributed by atoms with Crippen molar-refractivity contribution in [3.8, 4) is 5.75 Å². The molecule has 0 saturated carbocycles. The number of nitrogens with one attached hydrogen (secondary N) is 2. The molecule has 0 heterocycles. The first-order valence-corrected chi connectivity index (χ1v) is 12.0. The van der Waals surface area contributed by atoms with E-state index in [0.717, 1.165) is 17.2 Å². The third kappa shape index (κ3) is 11.6. The van der Waals surface area contributed by atoms with Crippen LogP contribution >= 0.6 is 35.7 Å². The van der Waals surface area contributed by atoms with Crippen LogP contribution in [0.2, 0.25) is 0 Å². The number of hydrogen-bond acceptors (Lipinski definition) is 5. The van der Waals surface area contributed by atoms with Crippen LogP contribution in [-0.2, 0) is 10.0 Å². The molecule has 0 aromatic heterocycles. The number of aliphatic imine (C=N–C) groups is 1. The van der Waals surface area contributed by atoms with Crippen LogP contribution in [-0.4, -0.2) is 45.1 Å². The number of thioether (sulfide) groups is 1. The summed E-state index contributed by atoms with van der Waals surface area (Å²) in [6.07, 6.45) is 0.105. The summed E-state index contributed by atoms with van der Waals surface area (Å²) in [6.45, 7) is 4.68. The predicted octanol–water partition coefficient (Wildman–Crippen LogP) is 3.53. The molecular weight excluding hydrogens is 535 g/mol. The molecule has 0 aliphatic carbocycles. The molecule has 7 nitrogen and oxygen atoms in total. The van der Waals surface area contributed by atoms with Crippen LogP contribution in [0.15, 0.2) is 64.5 Å². The Balaban J connectivity index is 0.00000450. The Morgan fingerprint density at radius 2 is 1.80 bits per heavy atom. The van der Waals surface area contributed by atoms with E-state index in [-0.39, 0.29) is 42.4 Å². The summed E-state index contributed by atoms with van der Waals surface area (Å²) in [7, 11) is -3.55. The Bertz CT molecular complexity index is 877. The van der Waals surface area contributed by atoms with Gasteiger partial charge in [0.05, 0.1) is 18.4 Å². The highest BCUT2D eigenvalue weighted by Crippen LogP contribution is 2.17. The first kappa shape index (κ1) is 26.5. The number of anilines is 1. The Morgan fingerprint density at radius 3 is 2.40 bits per heavy atom. The minimum Gasteiger partial charge on any atom is -0.491 e. The molecule has 2 aromatic rings. The maximum atomic E-state index is 11.2. The Kier molecular flexibility index (Phi) is 12.1. The normalized spacial score (nSPS) is 11.7. The van der Waals surface area contributed by atoms with Crippen LogP contribution in [0.1, 0.15) is 13.8 Å². The first-order valence-electron chi connectivity index (χ1n) is 9.32. The molecule has 0 bridgehead atoms. The summed E-state index contributed by atoms with van der Waals surface area (Å²) in [4.78, 5) is 5.50. The molecule has 30 heavy (non-hydrogen) atoms. The van der Waals surface area contributed by atoms with E-state index in [1.165, 1.54) is 4.90 Å². The lowest BCUT2D eigenvalue weighted by atomic mass is 10.3. The van der Waals surface area contributed by atoms with E-state index >= 15 is 0 Å². The quantitative estimate of drug-likeness (QED) is 0.134. The fourth-order valence-corrected chi connectivity index (χ4v) is 3.44. The van der Waals surface area contributed by atoms with Crippen LogP contribution in [0.5, 0.6) is 5.75 Å². The molecule has 10 heteroatoms. The lowest BCUT2D eigenvalue weighted by molar-refractivity contribution is 0.242. The van der Waals surface area contributed by atoms with Gasteiger partial charge in [-0.25, -0.2) is 13.6 Å².